The lowest BCUT2D eigenvalue weighted by atomic mass is 10.1. The van der Waals surface area contributed by atoms with Crippen LogP contribution in [0.2, 0.25) is 0 Å². The molecular weight excluding hydrogens is 204 g/mol. The zero-order valence-electron chi connectivity index (χ0n) is 9.55. The summed E-state index contributed by atoms with van der Waals surface area (Å²) < 4.78 is 4.93. The van der Waals surface area contributed by atoms with Gasteiger partial charge in [-0.2, -0.15) is 0 Å². The highest BCUT2D eigenvalue weighted by Gasteiger charge is 2.04. The van der Waals surface area contributed by atoms with Gasteiger partial charge >= 0.3 is 0 Å². The van der Waals surface area contributed by atoms with Crippen molar-refractivity contribution in [2.75, 3.05) is 6.54 Å². The molecule has 0 saturated heterocycles. The minimum absolute atomic E-state index is 0.198. The van der Waals surface area contributed by atoms with Gasteiger partial charge in [-0.1, -0.05) is 13.8 Å². The third-order valence-electron chi connectivity index (χ3n) is 2.06. The van der Waals surface area contributed by atoms with E-state index in [-0.39, 0.29) is 11.8 Å². The Bertz CT molecular complexity index is 350. The zero-order valence-corrected chi connectivity index (χ0v) is 9.55. The third kappa shape index (κ3) is 4.16. The van der Waals surface area contributed by atoms with Gasteiger partial charge in [-0.25, -0.2) is 0 Å². The molecule has 86 valence electrons. The van der Waals surface area contributed by atoms with E-state index in [1.165, 1.54) is 6.40 Å². The maximum Gasteiger partial charge on any atom is 0.188 e. The maximum atomic E-state index is 7.25. The van der Waals surface area contributed by atoms with E-state index in [1.54, 1.807) is 18.6 Å². The van der Waals surface area contributed by atoms with Gasteiger partial charge in [-0.15, -0.1) is 0 Å². The van der Waals surface area contributed by atoms with Crippen molar-refractivity contribution in [3.05, 3.63) is 24.3 Å². The summed E-state index contributed by atoms with van der Waals surface area (Å²) >= 11 is 0. The molecule has 1 rings (SSSR count). The van der Waals surface area contributed by atoms with Crippen LogP contribution < -0.4 is 0 Å². The van der Waals surface area contributed by atoms with Gasteiger partial charge in [0.05, 0.1) is 12.2 Å². The van der Waals surface area contributed by atoms with Crippen LogP contribution in [0.5, 0.6) is 0 Å². The second kappa shape index (κ2) is 6.66. The highest BCUT2D eigenvalue weighted by Crippen LogP contribution is 2.10. The molecule has 0 bridgehead atoms. The molecule has 0 spiro atoms. The van der Waals surface area contributed by atoms with Gasteiger partial charge in [-0.3, -0.25) is 20.4 Å². The Morgan fingerprint density at radius 3 is 3.06 bits per heavy atom. The van der Waals surface area contributed by atoms with E-state index in [2.05, 4.69) is 15.0 Å². The summed E-state index contributed by atoms with van der Waals surface area (Å²) in [6.07, 6.45) is 6.93. The normalized spacial score (nSPS) is 12.6. The topological polar surface area (TPSA) is 71.2 Å². The molecule has 1 unspecified atom stereocenters. The molecule has 16 heavy (non-hydrogen) atoms. The number of aromatic nitrogens is 2. The first-order valence-corrected chi connectivity index (χ1v) is 5.22. The van der Waals surface area contributed by atoms with Crippen LogP contribution in [-0.4, -0.2) is 28.8 Å². The maximum absolute atomic E-state index is 7.25. The van der Waals surface area contributed by atoms with Gasteiger partial charge in [0.2, 0.25) is 0 Å². The van der Waals surface area contributed by atoms with Gasteiger partial charge in [0.15, 0.2) is 12.3 Å². The monoisotopic (exact) mass is 220 g/mol. The Kier molecular flexibility index (Phi) is 5.11. The Morgan fingerprint density at radius 2 is 2.44 bits per heavy atom. The molecule has 0 radical (unpaired) electrons. The van der Waals surface area contributed by atoms with Crippen LogP contribution in [0.4, 0.5) is 0 Å². The lowest BCUT2D eigenvalue weighted by Crippen LogP contribution is -2.03. The van der Waals surface area contributed by atoms with E-state index in [4.69, 9.17) is 10.1 Å². The fraction of sp³-hybridized carbons (Fsp3) is 0.455. The van der Waals surface area contributed by atoms with Crippen LogP contribution >= 0.6 is 0 Å². The Hall–Kier alpha value is -1.78. The predicted octanol–water partition coefficient (Wildman–Crippen LogP) is 2.01. The summed E-state index contributed by atoms with van der Waals surface area (Å²) in [4.78, 5) is 12.3. The quantitative estimate of drug-likeness (QED) is 0.609. The standard InChI is InChI=1S/C11H16N4O/c1-3-11(12)16-8-14-6-9(2)10-7-13-4-5-15-10/h4-5,7-9,12H,3,6H2,1-2H3. The molecule has 0 aliphatic heterocycles. The van der Waals surface area contributed by atoms with Crippen molar-refractivity contribution in [1.82, 2.24) is 9.97 Å². The summed E-state index contributed by atoms with van der Waals surface area (Å²) in [7, 11) is 0. The van der Waals surface area contributed by atoms with Crippen LogP contribution in [0.1, 0.15) is 31.9 Å². The van der Waals surface area contributed by atoms with Crippen LogP contribution in [0.25, 0.3) is 0 Å². The summed E-state index contributed by atoms with van der Waals surface area (Å²) in [5.41, 5.74) is 0.908. The summed E-state index contributed by atoms with van der Waals surface area (Å²) in [6, 6.07) is 0. The van der Waals surface area contributed by atoms with Crippen molar-refractivity contribution in [3.63, 3.8) is 0 Å². The largest absolute Gasteiger partial charge is 0.432 e. The lowest BCUT2D eigenvalue weighted by Gasteiger charge is -2.06. The second-order valence-corrected chi connectivity index (χ2v) is 3.40. The number of rotatable bonds is 5. The predicted molar refractivity (Wildman–Crippen MR) is 62.9 cm³/mol. The molecule has 1 heterocycles. The molecule has 1 aromatic heterocycles. The summed E-state index contributed by atoms with van der Waals surface area (Å²) in [5.74, 6) is 0.417. The fourth-order valence-electron chi connectivity index (χ4n) is 1.04. The summed E-state index contributed by atoms with van der Waals surface area (Å²) in [5, 5.41) is 7.25. The molecular formula is C11H16N4O. The van der Waals surface area contributed by atoms with E-state index in [0.29, 0.717) is 13.0 Å². The third-order valence-corrected chi connectivity index (χ3v) is 2.06. The number of ether oxygens (including phenoxy) is 1. The van der Waals surface area contributed by atoms with Crippen LogP contribution in [-0.2, 0) is 4.74 Å². The van der Waals surface area contributed by atoms with Gasteiger partial charge in [0.1, 0.15) is 0 Å². The first-order chi connectivity index (χ1) is 7.74. The highest BCUT2D eigenvalue weighted by molar-refractivity contribution is 5.79. The molecule has 1 atom stereocenters. The SMILES string of the molecule is CCC(=N)OC=NCC(C)c1cnccn1. The average molecular weight is 220 g/mol. The second-order valence-electron chi connectivity index (χ2n) is 3.40. The molecule has 0 amide bonds. The Morgan fingerprint density at radius 1 is 1.62 bits per heavy atom. The number of hydrogen-bond donors (Lipinski definition) is 1. The van der Waals surface area contributed by atoms with E-state index in [1.807, 2.05) is 13.8 Å². The highest BCUT2D eigenvalue weighted by atomic mass is 16.5. The van der Waals surface area contributed by atoms with E-state index in [0.717, 1.165) is 5.69 Å². The van der Waals surface area contributed by atoms with Crippen molar-refractivity contribution in [1.29, 1.82) is 5.41 Å². The zero-order chi connectivity index (χ0) is 11.8. The molecule has 1 aromatic rings. The fourth-order valence-corrected chi connectivity index (χ4v) is 1.04. The molecule has 5 nitrogen and oxygen atoms in total. The van der Waals surface area contributed by atoms with E-state index in [9.17, 15) is 0 Å². The summed E-state index contributed by atoms with van der Waals surface area (Å²) in [6.45, 7) is 4.46. The van der Waals surface area contributed by atoms with Gasteiger partial charge < -0.3 is 4.74 Å². The van der Waals surface area contributed by atoms with Crippen molar-refractivity contribution in [2.24, 2.45) is 4.99 Å². The van der Waals surface area contributed by atoms with Crippen molar-refractivity contribution < 1.29 is 4.74 Å². The average Bonchev–Trinajstić information content (AvgIpc) is 2.35. The lowest BCUT2D eigenvalue weighted by molar-refractivity contribution is 0.540. The number of aliphatic imine (C=N–C) groups is 1. The molecule has 5 heteroatoms. The van der Waals surface area contributed by atoms with Crippen LogP contribution in [0.15, 0.2) is 23.6 Å². The molecule has 0 aliphatic carbocycles. The number of nitrogens with zero attached hydrogens (tertiary/aromatic N) is 3. The molecule has 0 aromatic carbocycles. The van der Waals surface area contributed by atoms with Crippen molar-refractivity contribution in [2.45, 2.75) is 26.2 Å². The Labute approximate surface area is 95.1 Å². The van der Waals surface area contributed by atoms with Crippen molar-refractivity contribution >= 4 is 12.3 Å². The van der Waals surface area contributed by atoms with Gasteiger partial charge in [0.25, 0.3) is 0 Å². The van der Waals surface area contributed by atoms with E-state index < -0.39 is 0 Å². The first-order valence-electron chi connectivity index (χ1n) is 5.22. The Balaban J connectivity index is 2.36. The minimum Gasteiger partial charge on any atom is -0.432 e. The van der Waals surface area contributed by atoms with E-state index >= 15 is 0 Å². The smallest absolute Gasteiger partial charge is 0.188 e. The minimum atomic E-state index is 0.198. The van der Waals surface area contributed by atoms with Gasteiger partial charge in [0, 0.05) is 30.9 Å². The molecule has 1 N–H and O–H groups in total. The molecule has 0 fully saturated rings. The van der Waals surface area contributed by atoms with Crippen LogP contribution in [0.3, 0.4) is 0 Å². The van der Waals surface area contributed by atoms with Crippen LogP contribution in [0, 0.1) is 5.41 Å². The van der Waals surface area contributed by atoms with Gasteiger partial charge in [-0.05, 0) is 0 Å². The van der Waals surface area contributed by atoms with Crippen molar-refractivity contribution in [3.8, 4) is 0 Å². The molecule has 0 saturated carbocycles. The first kappa shape index (κ1) is 12.3. The number of nitrogens with one attached hydrogen (secondary N) is 1. The number of hydrogen-bond acceptors (Lipinski definition) is 5. The molecule has 0 aliphatic rings.